The Balaban J connectivity index is 1.66. The molecule has 0 saturated heterocycles. The fraction of sp³-hybridized carbons (Fsp3) is 0.300. The number of aryl methyl sites for hydroxylation is 3. The van der Waals surface area contributed by atoms with Gasteiger partial charge in [-0.3, -0.25) is 4.79 Å². The van der Waals surface area contributed by atoms with E-state index < -0.39 is 0 Å². The van der Waals surface area contributed by atoms with Crippen LogP contribution in [0.3, 0.4) is 0 Å². The first-order valence-electron chi connectivity index (χ1n) is 8.37. The number of benzene rings is 1. The first kappa shape index (κ1) is 14.9. The van der Waals surface area contributed by atoms with Gasteiger partial charge in [0.1, 0.15) is 17.3 Å². The molecule has 1 unspecified atom stereocenters. The van der Waals surface area contributed by atoms with Gasteiger partial charge in [-0.2, -0.15) is 0 Å². The highest BCUT2D eigenvalue weighted by Crippen LogP contribution is 2.30. The Hall–Kier alpha value is -2.62. The fourth-order valence-electron chi connectivity index (χ4n) is 3.63. The van der Waals surface area contributed by atoms with E-state index in [0.29, 0.717) is 16.7 Å². The van der Waals surface area contributed by atoms with Crippen molar-refractivity contribution >= 4 is 17.0 Å². The highest BCUT2D eigenvalue weighted by Gasteiger charge is 2.24. The van der Waals surface area contributed by atoms with E-state index in [2.05, 4.69) is 28.5 Å². The molecule has 24 heavy (non-hydrogen) atoms. The van der Waals surface area contributed by atoms with Crippen LogP contribution in [0.5, 0.6) is 0 Å². The number of fused-ring (bicyclic) bond motifs is 2. The van der Waals surface area contributed by atoms with E-state index >= 15 is 0 Å². The Morgan fingerprint density at radius 2 is 2.12 bits per heavy atom. The van der Waals surface area contributed by atoms with Crippen LogP contribution in [0.1, 0.15) is 51.6 Å². The van der Waals surface area contributed by atoms with Crippen LogP contribution < -0.4 is 5.32 Å². The Morgan fingerprint density at radius 1 is 1.29 bits per heavy atom. The quantitative estimate of drug-likeness (QED) is 0.768. The number of pyridine rings is 1. The molecule has 1 aromatic carbocycles. The number of rotatable bonds is 2. The van der Waals surface area contributed by atoms with Crippen LogP contribution in [-0.2, 0) is 6.42 Å². The van der Waals surface area contributed by atoms with Crippen LogP contribution in [-0.4, -0.2) is 10.9 Å². The smallest absolute Gasteiger partial charge is 0.257 e. The highest BCUT2D eigenvalue weighted by atomic mass is 16.3. The molecule has 122 valence electrons. The summed E-state index contributed by atoms with van der Waals surface area (Å²) in [5, 5.41) is 3.17. The molecule has 4 heteroatoms. The number of nitrogens with zero attached hydrogens (tertiary/aromatic N) is 1. The van der Waals surface area contributed by atoms with Crippen molar-refractivity contribution in [3.8, 4) is 0 Å². The number of furan rings is 1. The number of carbonyl (C=O) groups is 1. The zero-order valence-corrected chi connectivity index (χ0v) is 13.9. The van der Waals surface area contributed by atoms with Gasteiger partial charge in [-0.25, -0.2) is 4.98 Å². The number of carbonyl (C=O) groups excluding carboxylic acids is 1. The first-order valence-corrected chi connectivity index (χ1v) is 8.37. The third-order valence-electron chi connectivity index (χ3n) is 4.76. The van der Waals surface area contributed by atoms with Crippen molar-refractivity contribution in [1.82, 2.24) is 10.3 Å². The minimum atomic E-state index is -0.118. The van der Waals surface area contributed by atoms with E-state index in [1.807, 2.05) is 26.0 Å². The molecule has 4 nitrogen and oxygen atoms in total. The van der Waals surface area contributed by atoms with Gasteiger partial charge in [0.2, 0.25) is 0 Å². The van der Waals surface area contributed by atoms with Crippen molar-refractivity contribution in [2.45, 2.75) is 39.2 Å². The molecule has 1 amide bonds. The molecular weight excluding hydrogens is 300 g/mol. The van der Waals surface area contributed by atoms with Gasteiger partial charge in [0.15, 0.2) is 5.58 Å². The molecule has 1 N–H and O–H groups in total. The summed E-state index contributed by atoms with van der Waals surface area (Å²) in [7, 11) is 0. The maximum atomic E-state index is 12.8. The molecule has 1 aliphatic carbocycles. The van der Waals surface area contributed by atoms with E-state index in [0.717, 1.165) is 30.5 Å². The lowest BCUT2D eigenvalue weighted by Crippen LogP contribution is -2.30. The zero-order chi connectivity index (χ0) is 16.7. The first-order chi connectivity index (χ1) is 11.6. The summed E-state index contributed by atoms with van der Waals surface area (Å²) in [6.07, 6.45) is 4.65. The van der Waals surface area contributed by atoms with E-state index in [-0.39, 0.29) is 11.9 Å². The average molecular weight is 320 g/mol. The van der Waals surface area contributed by atoms with Crippen molar-refractivity contribution in [1.29, 1.82) is 0 Å². The van der Waals surface area contributed by atoms with Gasteiger partial charge in [0, 0.05) is 5.69 Å². The minimum Gasteiger partial charge on any atom is -0.461 e. The predicted octanol–water partition coefficient (Wildman–Crippen LogP) is 4.25. The van der Waals surface area contributed by atoms with Crippen molar-refractivity contribution in [2.24, 2.45) is 0 Å². The van der Waals surface area contributed by atoms with Crippen LogP contribution in [0.4, 0.5) is 0 Å². The highest BCUT2D eigenvalue weighted by molar-refractivity contribution is 6.05. The van der Waals surface area contributed by atoms with Gasteiger partial charge in [-0.1, -0.05) is 24.3 Å². The molecule has 2 heterocycles. The summed E-state index contributed by atoms with van der Waals surface area (Å²) in [6.45, 7) is 3.90. The van der Waals surface area contributed by atoms with Crippen molar-refractivity contribution < 1.29 is 9.21 Å². The SMILES string of the molecule is Cc1cc(C)c2occ(C(=O)NC3CCCc4ccccc43)c2n1. The maximum Gasteiger partial charge on any atom is 0.257 e. The second-order valence-electron chi connectivity index (χ2n) is 6.52. The average Bonchev–Trinajstić information content (AvgIpc) is 2.99. The standard InChI is InChI=1S/C20H20N2O2/c1-12-10-13(2)21-18-16(11-24-19(12)18)20(23)22-17-9-5-7-14-6-3-4-8-15(14)17/h3-4,6,8,10-11,17H,5,7,9H2,1-2H3,(H,22,23). The van der Waals surface area contributed by atoms with Crippen LogP contribution in [0.15, 0.2) is 41.0 Å². The van der Waals surface area contributed by atoms with E-state index in [1.165, 1.54) is 17.4 Å². The van der Waals surface area contributed by atoms with E-state index in [9.17, 15) is 4.79 Å². The molecule has 0 bridgehead atoms. The second-order valence-corrected chi connectivity index (χ2v) is 6.52. The molecule has 4 rings (SSSR count). The Bertz CT molecular complexity index is 927. The number of nitrogens with one attached hydrogen (secondary N) is 1. The second kappa shape index (κ2) is 5.78. The van der Waals surface area contributed by atoms with Crippen molar-refractivity contribution in [2.75, 3.05) is 0 Å². The number of aromatic nitrogens is 1. The summed E-state index contributed by atoms with van der Waals surface area (Å²) in [4.78, 5) is 17.3. The van der Waals surface area contributed by atoms with Gasteiger partial charge in [0.05, 0.1) is 6.04 Å². The molecule has 1 atom stereocenters. The summed E-state index contributed by atoms with van der Waals surface area (Å²) in [5.74, 6) is -0.118. The summed E-state index contributed by atoms with van der Waals surface area (Å²) in [5.41, 5.74) is 6.29. The third-order valence-corrected chi connectivity index (χ3v) is 4.76. The topological polar surface area (TPSA) is 55.1 Å². The molecule has 0 saturated carbocycles. The summed E-state index contributed by atoms with van der Waals surface area (Å²) < 4.78 is 5.59. The third kappa shape index (κ3) is 2.48. The molecule has 0 fully saturated rings. The molecular formula is C20H20N2O2. The van der Waals surface area contributed by atoms with Gasteiger partial charge >= 0.3 is 0 Å². The number of hydrogen-bond acceptors (Lipinski definition) is 3. The molecule has 0 spiro atoms. The van der Waals surface area contributed by atoms with Gasteiger partial charge in [-0.05, 0) is 55.9 Å². The molecule has 0 aliphatic heterocycles. The maximum absolute atomic E-state index is 12.8. The van der Waals surface area contributed by atoms with Crippen LogP contribution in [0.25, 0.3) is 11.1 Å². The number of amides is 1. The van der Waals surface area contributed by atoms with Crippen LogP contribution in [0.2, 0.25) is 0 Å². The Kier molecular flexibility index (Phi) is 3.60. The lowest BCUT2D eigenvalue weighted by atomic mass is 9.87. The molecule has 3 aromatic rings. The normalized spacial score (nSPS) is 16.8. The van der Waals surface area contributed by atoms with Crippen LogP contribution in [0, 0.1) is 13.8 Å². The molecule has 0 radical (unpaired) electrons. The largest absolute Gasteiger partial charge is 0.461 e. The number of hydrogen-bond donors (Lipinski definition) is 1. The zero-order valence-electron chi connectivity index (χ0n) is 13.9. The fourth-order valence-corrected chi connectivity index (χ4v) is 3.63. The van der Waals surface area contributed by atoms with Gasteiger partial charge in [-0.15, -0.1) is 0 Å². The monoisotopic (exact) mass is 320 g/mol. The van der Waals surface area contributed by atoms with Crippen molar-refractivity contribution in [3.05, 3.63) is 64.5 Å². The molecule has 2 aromatic heterocycles. The van der Waals surface area contributed by atoms with Crippen LogP contribution >= 0.6 is 0 Å². The van der Waals surface area contributed by atoms with E-state index in [4.69, 9.17) is 4.42 Å². The summed E-state index contributed by atoms with van der Waals surface area (Å²) in [6, 6.07) is 10.4. The lowest BCUT2D eigenvalue weighted by molar-refractivity contribution is 0.0933. The Labute approximate surface area is 140 Å². The predicted molar refractivity (Wildman–Crippen MR) is 93.1 cm³/mol. The van der Waals surface area contributed by atoms with Gasteiger partial charge in [0.25, 0.3) is 5.91 Å². The van der Waals surface area contributed by atoms with Gasteiger partial charge < -0.3 is 9.73 Å². The summed E-state index contributed by atoms with van der Waals surface area (Å²) >= 11 is 0. The Morgan fingerprint density at radius 3 is 3.00 bits per heavy atom. The lowest BCUT2D eigenvalue weighted by Gasteiger charge is -2.26. The minimum absolute atomic E-state index is 0.0540. The van der Waals surface area contributed by atoms with E-state index in [1.54, 1.807) is 0 Å². The molecule has 1 aliphatic rings. The van der Waals surface area contributed by atoms with Crippen molar-refractivity contribution in [3.63, 3.8) is 0 Å².